The third-order valence-corrected chi connectivity index (χ3v) is 5.01. The van der Waals surface area contributed by atoms with Crippen molar-refractivity contribution in [2.75, 3.05) is 5.75 Å². The number of unbranched alkanes of at least 4 members (excludes halogenated alkanes) is 4. The van der Waals surface area contributed by atoms with Crippen LogP contribution in [0, 0.1) is 0 Å². The molecule has 1 aromatic carbocycles. The van der Waals surface area contributed by atoms with Crippen LogP contribution >= 0.6 is 23.1 Å². The average molecular weight is 265 g/mol. The average Bonchev–Trinajstić information content (AvgIpc) is 2.76. The molecule has 1 nitrogen and oxygen atoms in total. The molecule has 92 valence electrons. The molecule has 0 N–H and O–H groups in total. The van der Waals surface area contributed by atoms with E-state index in [2.05, 4.69) is 36.2 Å². The fourth-order valence-corrected chi connectivity index (χ4v) is 3.92. The first kappa shape index (κ1) is 12.9. The number of fused-ring (bicyclic) bond motifs is 1. The highest BCUT2D eigenvalue weighted by atomic mass is 32.2. The second-order valence-electron chi connectivity index (χ2n) is 4.21. The molecule has 0 saturated carbocycles. The summed E-state index contributed by atoms with van der Waals surface area (Å²) in [7, 11) is 0. The SMILES string of the molecule is CCCCCCCSc1nc2ccccc2s1. The zero-order chi connectivity index (χ0) is 11.9. The van der Waals surface area contributed by atoms with Crippen molar-refractivity contribution in [3.63, 3.8) is 0 Å². The summed E-state index contributed by atoms with van der Waals surface area (Å²) in [5.41, 5.74) is 1.14. The molecular weight excluding hydrogens is 246 g/mol. The van der Waals surface area contributed by atoms with Crippen molar-refractivity contribution < 1.29 is 0 Å². The highest BCUT2D eigenvalue weighted by Crippen LogP contribution is 2.29. The number of thioether (sulfide) groups is 1. The summed E-state index contributed by atoms with van der Waals surface area (Å²) in [6, 6.07) is 8.39. The second-order valence-corrected chi connectivity index (χ2v) is 6.58. The lowest BCUT2D eigenvalue weighted by atomic mass is 10.2. The van der Waals surface area contributed by atoms with Gasteiger partial charge >= 0.3 is 0 Å². The van der Waals surface area contributed by atoms with Gasteiger partial charge in [0.1, 0.15) is 0 Å². The van der Waals surface area contributed by atoms with Crippen molar-refractivity contribution in [1.82, 2.24) is 4.98 Å². The number of hydrogen-bond acceptors (Lipinski definition) is 3. The standard InChI is InChI=1S/C14H19NS2/c1-2-3-4-5-8-11-16-14-15-12-9-6-7-10-13(12)17-14/h6-7,9-10H,2-5,8,11H2,1H3. The van der Waals surface area contributed by atoms with E-state index in [1.165, 1.54) is 46.9 Å². The van der Waals surface area contributed by atoms with Gasteiger partial charge in [-0.1, -0.05) is 56.5 Å². The molecule has 0 radical (unpaired) electrons. The van der Waals surface area contributed by atoms with E-state index in [1.807, 2.05) is 23.1 Å². The molecule has 0 spiro atoms. The van der Waals surface area contributed by atoms with Gasteiger partial charge in [0.15, 0.2) is 4.34 Å². The van der Waals surface area contributed by atoms with Gasteiger partial charge in [-0.25, -0.2) is 4.98 Å². The third kappa shape index (κ3) is 4.00. The van der Waals surface area contributed by atoms with Crippen molar-refractivity contribution in [1.29, 1.82) is 0 Å². The van der Waals surface area contributed by atoms with Crippen molar-refractivity contribution in [3.8, 4) is 0 Å². The van der Waals surface area contributed by atoms with Crippen LogP contribution in [0.4, 0.5) is 0 Å². The van der Waals surface area contributed by atoms with Gasteiger partial charge in [0.25, 0.3) is 0 Å². The molecule has 0 amide bonds. The van der Waals surface area contributed by atoms with Crippen LogP contribution in [-0.2, 0) is 0 Å². The summed E-state index contributed by atoms with van der Waals surface area (Å²) in [5.74, 6) is 1.21. The quantitative estimate of drug-likeness (QED) is 0.494. The highest BCUT2D eigenvalue weighted by molar-refractivity contribution is 8.01. The molecule has 0 aliphatic rings. The normalized spacial score (nSPS) is 11.1. The molecule has 0 unspecified atom stereocenters. The molecule has 2 aromatic rings. The molecule has 3 heteroatoms. The van der Waals surface area contributed by atoms with Crippen LogP contribution in [0.5, 0.6) is 0 Å². The lowest BCUT2D eigenvalue weighted by Crippen LogP contribution is -1.81. The molecule has 0 saturated heterocycles. The van der Waals surface area contributed by atoms with Gasteiger partial charge in [-0.15, -0.1) is 11.3 Å². The first-order chi connectivity index (χ1) is 8.40. The number of benzene rings is 1. The van der Waals surface area contributed by atoms with Gasteiger partial charge < -0.3 is 0 Å². The first-order valence-corrected chi connectivity index (χ1v) is 8.18. The minimum Gasteiger partial charge on any atom is -0.230 e. The van der Waals surface area contributed by atoms with Crippen molar-refractivity contribution in [2.45, 2.75) is 43.4 Å². The number of nitrogens with zero attached hydrogens (tertiary/aromatic N) is 1. The van der Waals surface area contributed by atoms with E-state index >= 15 is 0 Å². The van der Waals surface area contributed by atoms with Crippen LogP contribution in [0.1, 0.15) is 39.0 Å². The lowest BCUT2D eigenvalue weighted by molar-refractivity contribution is 0.659. The van der Waals surface area contributed by atoms with Crippen LogP contribution in [0.25, 0.3) is 10.2 Å². The Morgan fingerprint density at radius 1 is 1.12 bits per heavy atom. The minimum absolute atomic E-state index is 1.14. The van der Waals surface area contributed by atoms with Crippen LogP contribution in [0.15, 0.2) is 28.6 Å². The Kier molecular flexibility index (Phi) is 5.33. The van der Waals surface area contributed by atoms with Crippen molar-refractivity contribution in [3.05, 3.63) is 24.3 Å². The Morgan fingerprint density at radius 3 is 2.76 bits per heavy atom. The van der Waals surface area contributed by atoms with Gasteiger partial charge in [-0.05, 0) is 18.6 Å². The molecule has 1 heterocycles. The Bertz CT molecular complexity index is 417. The highest BCUT2D eigenvalue weighted by Gasteiger charge is 2.02. The summed E-state index contributed by atoms with van der Waals surface area (Å²) < 4.78 is 2.53. The molecule has 2 rings (SSSR count). The van der Waals surface area contributed by atoms with Crippen LogP contribution in [-0.4, -0.2) is 10.7 Å². The summed E-state index contributed by atoms with van der Waals surface area (Å²) in [5, 5.41) is 0. The van der Waals surface area contributed by atoms with Gasteiger partial charge in [0.05, 0.1) is 10.2 Å². The zero-order valence-corrected chi connectivity index (χ0v) is 11.9. The molecule has 0 atom stereocenters. The van der Waals surface area contributed by atoms with Crippen molar-refractivity contribution in [2.24, 2.45) is 0 Å². The molecule has 17 heavy (non-hydrogen) atoms. The van der Waals surface area contributed by atoms with E-state index < -0.39 is 0 Å². The maximum Gasteiger partial charge on any atom is 0.151 e. The Labute approximate surface area is 112 Å². The van der Waals surface area contributed by atoms with Gasteiger partial charge in [-0.2, -0.15) is 0 Å². The van der Waals surface area contributed by atoms with Crippen LogP contribution in [0.3, 0.4) is 0 Å². The Hall–Kier alpha value is -0.540. The smallest absolute Gasteiger partial charge is 0.151 e. The van der Waals surface area contributed by atoms with Crippen LogP contribution < -0.4 is 0 Å². The van der Waals surface area contributed by atoms with E-state index in [0.29, 0.717) is 0 Å². The van der Waals surface area contributed by atoms with Gasteiger partial charge in [0.2, 0.25) is 0 Å². The monoisotopic (exact) mass is 265 g/mol. The van der Waals surface area contributed by atoms with E-state index in [-0.39, 0.29) is 0 Å². The topological polar surface area (TPSA) is 12.9 Å². The molecule has 0 fully saturated rings. The summed E-state index contributed by atoms with van der Waals surface area (Å²) in [6.07, 6.45) is 6.78. The third-order valence-electron chi connectivity index (χ3n) is 2.75. The zero-order valence-electron chi connectivity index (χ0n) is 10.3. The minimum atomic E-state index is 1.14. The molecular formula is C14H19NS2. The Morgan fingerprint density at radius 2 is 1.94 bits per heavy atom. The summed E-state index contributed by atoms with van der Waals surface area (Å²) in [6.45, 7) is 2.26. The molecule has 1 aromatic heterocycles. The Balaban J connectivity index is 1.75. The largest absolute Gasteiger partial charge is 0.230 e. The number of para-hydroxylation sites is 1. The maximum absolute atomic E-state index is 4.63. The fourth-order valence-electron chi connectivity index (χ4n) is 1.78. The number of thiazole rings is 1. The summed E-state index contributed by atoms with van der Waals surface area (Å²) in [4.78, 5) is 4.63. The summed E-state index contributed by atoms with van der Waals surface area (Å²) >= 11 is 3.73. The van der Waals surface area contributed by atoms with E-state index in [9.17, 15) is 0 Å². The molecule has 0 bridgehead atoms. The van der Waals surface area contributed by atoms with Gasteiger partial charge in [-0.3, -0.25) is 0 Å². The predicted octanol–water partition coefficient (Wildman–Crippen LogP) is 5.36. The predicted molar refractivity (Wildman–Crippen MR) is 79.1 cm³/mol. The lowest BCUT2D eigenvalue weighted by Gasteiger charge is -1.98. The number of aromatic nitrogens is 1. The van der Waals surface area contributed by atoms with E-state index in [4.69, 9.17) is 0 Å². The van der Waals surface area contributed by atoms with Crippen molar-refractivity contribution >= 4 is 33.3 Å². The molecule has 0 aliphatic carbocycles. The maximum atomic E-state index is 4.63. The molecule has 0 aliphatic heterocycles. The fraction of sp³-hybridized carbons (Fsp3) is 0.500. The number of hydrogen-bond donors (Lipinski definition) is 0. The number of rotatable bonds is 7. The van der Waals surface area contributed by atoms with Gasteiger partial charge in [0, 0.05) is 5.75 Å². The second kappa shape index (κ2) is 7.02. The first-order valence-electron chi connectivity index (χ1n) is 6.38. The van der Waals surface area contributed by atoms with Crippen LogP contribution in [0.2, 0.25) is 0 Å². The van der Waals surface area contributed by atoms with E-state index in [0.717, 1.165) is 5.52 Å². The van der Waals surface area contributed by atoms with E-state index in [1.54, 1.807) is 0 Å².